The van der Waals surface area contributed by atoms with E-state index in [0.29, 0.717) is 60.3 Å². The van der Waals surface area contributed by atoms with Gasteiger partial charge in [0.25, 0.3) is 0 Å². The summed E-state index contributed by atoms with van der Waals surface area (Å²) in [6.07, 6.45) is -1.22. The Morgan fingerprint density at radius 1 is 1.18 bits per heavy atom. The molecule has 0 bridgehead atoms. The molecule has 4 heterocycles. The highest BCUT2D eigenvalue weighted by Gasteiger charge is 2.69. The van der Waals surface area contributed by atoms with E-state index in [4.69, 9.17) is 20.2 Å². The van der Waals surface area contributed by atoms with Crippen molar-refractivity contribution in [3.8, 4) is 11.5 Å². The van der Waals surface area contributed by atoms with Gasteiger partial charge in [-0.15, -0.1) is 0 Å². The zero-order valence-corrected chi connectivity index (χ0v) is 22.5. The van der Waals surface area contributed by atoms with Crippen molar-refractivity contribution in [2.24, 2.45) is 11.3 Å². The molecule has 1 saturated carbocycles. The summed E-state index contributed by atoms with van der Waals surface area (Å²) >= 11 is 5.02. The van der Waals surface area contributed by atoms with Gasteiger partial charge in [-0.1, -0.05) is 11.8 Å². The molecule has 2 N–H and O–H groups in total. The lowest BCUT2D eigenvalue weighted by atomic mass is 9.92. The van der Waals surface area contributed by atoms with Crippen LogP contribution in [0.4, 0.5) is 19.0 Å². The molecule has 38 heavy (non-hydrogen) atoms. The summed E-state index contributed by atoms with van der Waals surface area (Å²) in [7, 11) is 0. The first-order chi connectivity index (χ1) is 18.2. The van der Waals surface area contributed by atoms with Gasteiger partial charge < -0.3 is 24.7 Å². The molecule has 0 radical (unpaired) electrons. The summed E-state index contributed by atoms with van der Waals surface area (Å²) in [4.78, 5) is 28.1. The largest absolute Gasteiger partial charge is 0.454 e. The lowest BCUT2D eigenvalue weighted by Gasteiger charge is -2.35. The molecule has 1 amide bonds. The number of aromatic nitrogens is 4. The third-order valence-electron chi connectivity index (χ3n) is 7.52. The van der Waals surface area contributed by atoms with Gasteiger partial charge in [0.15, 0.2) is 33.6 Å². The van der Waals surface area contributed by atoms with Crippen LogP contribution >= 0.6 is 27.7 Å². The van der Waals surface area contributed by atoms with Crippen LogP contribution in [0.15, 0.2) is 33.0 Å². The average Bonchev–Trinajstić information content (AvgIpc) is 3.48. The molecule has 1 aromatic carbocycles. The molecular formula is C24H24BrF3N6O3S. The van der Waals surface area contributed by atoms with E-state index in [1.807, 2.05) is 16.7 Å². The number of imidazole rings is 1. The predicted molar refractivity (Wildman–Crippen MR) is 136 cm³/mol. The van der Waals surface area contributed by atoms with Crippen molar-refractivity contribution in [3.63, 3.8) is 0 Å². The summed E-state index contributed by atoms with van der Waals surface area (Å²) in [6.45, 7) is 1.43. The number of nitrogens with two attached hydrogens (primary N) is 1. The van der Waals surface area contributed by atoms with Gasteiger partial charge in [0, 0.05) is 29.0 Å². The third kappa shape index (κ3) is 4.44. The molecule has 9 nitrogen and oxygen atoms in total. The summed E-state index contributed by atoms with van der Waals surface area (Å²) in [5, 5.41) is 0.681. The Labute approximate surface area is 228 Å². The number of piperidine rings is 1. The predicted octanol–water partition coefficient (Wildman–Crippen LogP) is 5.02. The molecule has 14 heteroatoms. The number of nitrogen functional groups attached to an aromatic ring is 1. The minimum absolute atomic E-state index is 0.103. The van der Waals surface area contributed by atoms with E-state index in [1.54, 1.807) is 0 Å². The molecule has 1 saturated heterocycles. The highest BCUT2D eigenvalue weighted by Crippen LogP contribution is 2.58. The van der Waals surface area contributed by atoms with E-state index >= 15 is 0 Å². The van der Waals surface area contributed by atoms with Gasteiger partial charge in [-0.2, -0.15) is 13.2 Å². The Morgan fingerprint density at radius 3 is 2.58 bits per heavy atom. The van der Waals surface area contributed by atoms with Crippen LogP contribution in [-0.2, 0) is 11.3 Å². The number of rotatable bonds is 6. The van der Waals surface area contributed by atoms with Crippen molar-refractivity contribution in [2.45, 2.75) is 54.9 Å². The number of halogens is 4. The van der Waals surface area contributed by atoms with E-state index in [0.717, 1.165) is 15.8 Å². The molecule has 202 valence electrons. The summed E-state index contributed by atoms with van der Waals surface area (Å²) in [5.74, 6) is 1.09. The molecule has 1 aliphatic carbocycles. The van der Waals surface area contributed by atoms with Crippen molar-refractivity contribution in [3.05, 3.63) is 22.9 Å². The first kappa shape index (κ1) is 25.5. The fourth-order valence-electron chi connectivity index (χ4n) is 5.07. The number of ether oxygens (including phenoxy) is 2. The van der Waals surface area contributed by atoms with Crippen molar-refractivity contribution in [1.29, 1.82) is 0 Å². The SMILES string of the molecule is Nc1ncnc2c1nc(Sc1cc3c(cc1Br)OCO3)n2CCC1CCN(C(=O)C2(C(F)(F)F)CC2)CC1. The van der Waals surface area contributed by atoms with E-state index in [-0.39, 0.29) is 31.4 Å². The molecule has 0 atom stereocenters. The number of hydrogen-bond acceptors (Lipinski definition) is 8. The minimum Gasteiger partial charge on any atom is -0.454 e. The van der Waals surface area contributed by atoms with Gasteiger partial charge in [-0.25, -0.2) is 15.0 Å². The van der Waals surface area contributed by atoms with E-state index in [1.165, 1.54) is 23.0 Å². The molecule has 0 spiro atoms. The molecule has 6 rings (SSSR count). The van der Waals surface area contributed by atoms with Gasteiger partial charge in [0.05, 0.1) is 0 Å². The second-order valence-electron chi connectivity index (χ2n) is 9.82. The van der Waals surface area contributed by atoms with Crippen molar-refractivity contribution in [2.75, 3.05) is 25.6 Å². The number of carbonyl (C=O) groups excluding carboxylic acids is 1. The minimum atomic E-state index is -4.48. The molecule has 0 unspecified atom stereocenters. The quantitative estimate of drug-likeness (QED) is 0.413. The van der Waals surface area contributed by atoms with Gasteiger partial charge in [0.2, 0.25) is 12.7 Å². The van der Waals surface area contributed by atoms with Crippen LogP contribution in [0.25, 0.3) is 11.2 Å². The smallest absolute Gasteiger partial charge is 0.403 e. The highest BCUT2D eigenvalue weighted by molar-refractivity contribution is 9.10. The number of hydrogen-bond donors (Lipinski definition) is 1. The maximum absolute atomic E-state index is 13.4. The van der Waals surface area contributed by atoms with Crippen molar-refractivity contribution >= 4 is 50.6 Å². The number of aryl methyl sites for hydroxylation is 1. The Bertz CT molecular complexity index is 1410. The Balaban J connectivity index is 1.17. The topological polar surface area (TPSA) is 108 Å². The molecular weight excluding hydrogens is 589 g/mol. The summed E-state index contributed by atoms with van der Waals surface area (Å²) in [5.41, 5.74) is 5.07. The van der Waals surface area contributed by atoms with E-state index < -0.39 is 17.5 Å². The first-order valence-corrected chi connectivity index (χ1v) is 13.9. The molecule has 2 fully saturated rings. The highest BCUT2D eigenvalue weighted by atomic mass is 79.9. The van der Waals surface area contributed by atoms with Gasteiger partial charge >= 0.3 is 6.18 Å². The van der Waals surface area contributed by atoms with E-state index in [2.05, 4.69) is 25.9 Å². The lowest BCUT2D eigenvalue weighted by molar-refractivity contribution is -0.199. The monoisotopic (exact) mass is 612 g/mol. The van der Waals surface area contributed by atoms with Crippen LogP contribution < -0.4 is 15.2 Å². The number of benzene rings is 1. The third-order valence-corrected chi connectivity index (χ3v) is 9.49. The maximum atomic E-state index is 13.4. The maximum Gasteiger partial charge on any atom is 0.403 e. The Morgan fingerprint density at radius 2 is 1.89 bits per heavy atom. The Hall–Kier alpha value is -2.74. The number of alkyl halides is 3. The van der Waals surface area contributed by atoms with Crippen LogP contribution in [0.2, 0.25) is 0 Å². The Kier molecular flexibility index (Phi) is 6.36. The molecule has 3 aliphatic rings. The van der Waals surface area contributed by atoms with Gasteiger partial charge in [0.1, 0.15) is 11.7 Å². The molecule has 2 aliphatic heterocycles. The number of likely N-dealkylation sites (tertiary alicyclic amines) is 1. The normalized spacial score (nSPS) is 18.8. The standard InChI is InChI=1S/C24H24BrF3N6O3S/c25-14-9-15-16(37-12-36-15)10-17(14)38-22-32-18-19(29)30-11-31-20(18)34(22)8-3-13-1-6-33(7-2-13)21(35)23(4-5-23)24(26,27)28/h9-11,13H,1-8,12H2,(H2,29,30,31). The van der Waals surface area contributed by atoms with Crippen molar-refractivity contribution in [1.82, 2.24) is 24.4 Å². The fraction of sp³-hybridized carbons (Fsp3) is 0.500. The first-order valence-electron chi connectivity index (χ1n) is 12.3. The van der Waals surface area contributed by atoms with Crippen LogP contribution in [-0.4, -0.2) is 56.4 Å². The number of anilines is 1. The second kappa shape index (κ2) is 9.47. The number of amides is 1. The molecule has 2 aromatic heterocycles. The van der Waals surface area contributed by atoms with Crippen LogP contribution in [0.5, 0.6) is 11.5 Å². The van der Waals surface area contributed by atoms with E-state index in [9.17, 15) is 18.0 Å². The number of nitrogens with zero attached hydrogens (tertiary/aromatic N) is 5. The van der Waals surface area contributed by atoms with Gasteiger partial charge in [-0.05, 0) is 66.1 Å². The molecule has 3 aromatic rings. The van der Waals surface area contributed by atoms with Crippen LogP contribution in [0, 0.1) is 11.3 Å². The lowest BCUT2D eigenvalue weighted by Crippen LogP contribution is -2.47. The summed E-state index contributed by atoms with van der Waals surface area (Å²) < 4.78 is 54.0. The zero-order valence-electron chi connectivity index (χ0n) is 20.1. The second-order valence-corrected chi connectivity index (χ2v) is 11.7. The number of fused-ring (bicyclic) bond motifs is 2. The fourth-order valence-corrected chi connectivity index (χ4v) is 6.58. The van der Waals surface area contributed by atoms with Crippen molar-refractivity contribution < 1.29 is 27.4 Å². The van der Waals surface area contributed by atoms with Crippen LogP contribution in [0.3, 0.4) is 0 Å². The number of carbonyl (C=O) groups is 1. The van der Waals surface area contributed by atoms with Gasteiger partial charge in [-0.3, -0.25) is 4.79 Å². The average molecular weight is 613 g/mol. The van der Waals surface area contributed by atoms with Crippen LogP contribution in [0.1, 0.15) is 32.1 Å². The zero-order chi connectivity index (χ0) is 26.7. The summed E-state index contributed by atoms with van der Waals surface area (Å²) in [6, 6.07) is 3.74.